The number of carbonyl (C=O) groups excluding carboxylic acids is 4. The minimum Gasteiger partial charge on any atom is -0.445 e. The van der Waals surface area contributed by atoms with Crippen LogP contribution in [0.15, 0.2) is 59.6 Å². The summed E-state index contributed by atoms with van der Waals surface area (Å²) in [6, 6.07) is 12.2. The van der Waals surface area contributed by atoms with E-state index in [0.717, 1.165) is 5.56 Å². The molecule has 0 aliphatic heterocycles. The predicted molar refractivity (Wildman–Crippen MR) is 155 cm³/mol. The van der Waals surface area contributed by atoms with Crippen LogP contribution in [-0.4, -0.2) is 59.9 Å². The highest BCUT2D eigenvalue weighted by atomic mass is 16.6. The van der Waals surface area contributed by atoms with Crippen molar-refractivity contribution in [3.63, 3.8) is 0 Å². The van der Waals surface area contributed by atoms with E-state index < -0.39 is 47.4 Å². The zero-order chi connectivity index (χ0) is 31.1. The molecule has 0 bridgehead atoms. The Morgan fingerprint density at radius 2 is 1.64 bits per heavy atom. The number of hydrogen-bond acceptors (Lipinski definition) is 8. The number of alkyl carbamates (subject to hydrolysis) is 1. The summed E-state index contributed by atoms with van der Waals surface area (Å²) in [6.45, 7) is 3.19. The van der Waals surface area contributed by atoms with Gasteiger partial charge in [-0.1, -0.05) is 44.2 Å². The van der Waals surface area contributed by atoms with E-state index in [1.807, 2.05) is 6.07 Å². The Morgan fingerprint density at radius 1 is 0.976 bits per heavy atom. The largest absolute Gasteiger partial charge is 0.445 e. The molecule has 0 saturated heterocycles. The number of ether oxygens (including phenoxy) is 1. The Morgan fingerprint density at radius 3 is 2.24 bits per heavy atom. The number of amides is 4. The monoisotopic (exact) mass is 584 g/mol. The number of nitro benzene ring substituents is 1. The van der Waals surface area contributed by atoms with Gasteiger partial charge in [-0.25, -0.2) is 4.79 Å². The second-order valence-corrected chi connectivity index (χ2v) is 9.51. The van der Waals surface area contributed by atoms with Gasteiger partial charge in [-0.3, -0.25) is 29.5 Å². The van der Waals surface area contributed by atoms with Crippen molar-refractivity contribution < 1.29 is 28.8 Å². The standard InChI is InChI=1S/C27H36N8O7/c1-17(2)23(34-27(39)42-16-18-7-4-3-5-8-18)25(38)31-15-22(36)33-21(9-6-14-30-26(28)29)24(37)32-19-10-12-20(13-11-19)35(40)41/h3-5,7-8,10-13,17,21,23H,6,9,14-16H2,1-2H3,(H,31,38)(H,32,37)(H,33,36)(H,34,39)(H4,28,29,30)/t21-,23+/m1/s1. The van der Waals surface area contributed by atoms with Crippen LogP contribution in [0.4, 0.5) is 16.2 Å². The number of non-ortho nitro benzene ring substituents is 1. The van der Waals surface area contributed by atoms with Crippen molar-refractivity contribution in [3.8, 4) is 0 Å². The molecule has 15 heteroatoms. The van der Waals surface area contributed by atoms with Crippen molar-refractivity contribution in [1.29, 1.82) is 0 Å². The molecule has 0 aliphatic rings. The number of benzene rings is 2. The SMILES string of the molecule is CC(C)[C@H](NC(=O)OCc1ccccc1)C(=O)NCC(=O)N[C@H](CCCN=C(N)N)C(=O)Nc1ccc([N+](=O)[O-])cc1. The van der Waals surface area contributed by atoms with Crippen LogP contribution in [-0.2, 0) is 25.7 Å². The van der Waals surface area contributed by atoms with Gasteiger partial charge >= 0.3 is 6.09 Å². The van der Waals surface area contributed by atoms with Gasteiger partial charge in [0.15, 0.2) is 5.96 Å². The maximum absolute atomic E-state index is 12.9. The Kier molecular flexibility index (Phi) is 13.2. The van der Waals surface area contributed by atoms with Gasteiger partial charge in [0.05, 0.1) is 11.5 Å². The first kappa shape index (κ1) is 33.0. The molecule has 2 rings (SSSR count). The van der Waals surface area contributed by atoms with E-state index in [-0.39, 0.29) is 42.8 Å². The lowest BCUT2D eigenvalue weighted by atomic mass is 10.0. The van der Waals surface area contributed by atoms with Crippen molar-refractivity contribution in [2.75, 3.05) is 18.4 Å². The third-order valence-corrected chi connectivity index (χ3v) is 5.80. The molecular formula is C27H36N8O7. The minimum absolute atomic E-state index is 0.0218. The fourth-order valence-electron chi connectivity index (χ4n) is 3.62. The van der Waals surface area contributed by atoms with E-state index in [0.29, 0.717) is 6.42 Å². The van der Waals surface area contributed by atoms with E-state index in [2.05, 4.69) is 26.3 Å². The van der Waals surface area contributed by atoms with Crippen molar-refractivity contribution in [1.82, 2.24) is 16.0 Å². The number of anilines is 1. The van der Waals surface area contributed by atoms with Crippen molar-refractivity contribution in [2.45, 2.75) is 45.4 Å². The zero-order valence-electron chi connectivity index (χ0n) is 23.4. The number of guanidine groups is 1. The first-order valence-electron chi connectivity index (χ1n) is 13.1. The minimum atomic E-state index is -1.04. The average Bonchev–Trinajstić information content (AvgIpc) is 2.95. The molecule has 0 aromatic heterocycles. The first-order chi connectivity index (χ1) is 20.0. The average molecular weight is 585 g/mol. The molecule has 2 atom stereocenters. The van der Waals surface area contributed by atoms with Crippen LogP contribution in [0.1, 0.15) is 32.3 Å². The van der Waals surface area contributed by atoms with Crippen LogP contribution in [0, 0.1) is 16.0 Å². The van der Waals surface area contributed by atoms with Crippen LogP contribution in [0.5, 0.6) is 0 Å². The predicted octanol–water partition coefficient (Wildman–Crippen LogP) is 1.14. The molecule has 0 saturated carbocycles. The molecule has 0 radical (unpaired) electrons. The number of nitrogens with zero attached hydrogens (tertiary/aromatic N) is 2. The number of hydrogen-bond donors (Lipinski definition) is 6. The van der Waals surface area contributed by atoms with Gasteiger partial charge in [0.25, 0.3) is 5.69 Å². The number of aliphatic imine (C=N–C) groups is 1. The fourth-order valence-corrected chi connectivity index (χ4v) is 3.62. The molecule has 0 fully saturated rings. The van der Waals surface area contributed by atoms with Gasteiger partial charge in [-0.2, -0.15) is 0 Å². The Hall–Kier alpha value is -5.21. The lowest BCUT2D eigenvalue weighted by molar-refractivity contribution is -0.384. The van der Waals surface area contributed by atoms with Gasteiger partial charge < -0.3 is 37.5 Å². The zero-order valence-corrected chi connectivity index (χ0v) is 23.4. The van der Waals surface area contributed by atoms with Crippen molar-refractivity contribution in [2.24, 2.45) is 22.4 Å². The summed E-state index contributed by atoms with van der Waals surface area (Å²) in [7, 11) is 0. The Labute approximate surface area is 242 Å². The fraction of sp³-hybridized carbons (Fsp3) is 0.370. The third kappa shape index (κ3) is 11.9. The number of nitro groups is 1. The smallest absolute Gasteiger partial charge is 0.408 e. The first-order valence-corrected chi connectivity index (χ1v) is 13.1. The summed E-state index contributed by atoms with van der Waals surface area (Å²) in [5.41, 5.74) is 11.6. The van der Waals surface area contributed by atoms with Gasteiger partial charge in [-0.05, 0) is 36.5 Å². The molecule has 0 unspecified atom stereocenters. The molecule has 15 nitrogen and oxygen atoms in total. The van der Waals surface area contributed by atoms with Crippen LogP contribution >= 0.6 is 0 Å². The topological polar surface area (TPSA) is 233 Å². The molecule has 2 aromatic rings. The van der Waals surface area contributed by atoms with Crippen LogP contribution in [0.2, 0.25) is 0 Å². The van der Waals surface area contributed by atoms with Crippen LogP contribution in [0.25, 0.3) is 0 Å². The molecule has 2 aromatic carbocycles. The second-order valence-electron chi connectivity index (χ2n) is 9.51. The molecular weight excluding hydrogens is 548 g/mol. The highest BCUT2D eigenvalue weighted by Gasteiger charge is 2.26. The number of rotatable bonds is 15. The number of nitrogens with one attached hydrogen (secondary N) is 4. The van der Waals surface area contributed by atoms with E-state index in [4.69, 9.17) is 16.2 Å². The van der Waals surface area contributed by atoms with E-state index in [9.17, 15) is 29.3 Å². The summed E-state index contributed by atoms with van der Waals surface area (Å²) in [5, 5.41) is 21.0. The van der Waals surface area contributed by atoms with Crippen LogP contribution in [0.3, 0.4) is 0 Å². The molecule has 0 aliphatic carbocycles. The molecule has 0 spiro atoms. The van der Waals surface area contributed by atoms with E-state index in [1.54, 1.807) is 38.1 Å². The summed E-state index contributed by atoms with van der Waals surface area (Å²) in [6.07, 6.45) is -0.299. The Bertz CT molecular complexity index is 1250. The van der Waals surface area contributed by atoms with Crippen LogP contribution < -0.4 is 32.7 Å². The molecule has 226 valence electrons. The maximum Gasteiger partial charge on any atom is 0.408 e. The molecule has 8 N–H and O–H groups in total. The van der Waals surface area contributed by atoms with Crippen molar-refractivity contribution in [3.05, 3.63) is 70.3 Å². The summed E-state index contributed by atoms with van der Waals surface area (Å²) >= 11 is 0. The lowest BCUT2D eigenvalue weighted by Crippen LogP contribution is -2.53. The summed E-state index contributed by atoms with van der Waals surface area (Å²) < 4.78 is 5.18. The summed E-state index contributed by atoms with van der Waals surface area (Å²) in [4.78, 5) is 64.8. The van der Waals surface area contributed by atoms with Gasteiger partial charge in [-0.15, -0.1) is 0 Å². The normalized spacial score (nSPS) is 11.9. The highest BCUT2D eigenvalue weighted by molar-refractivity contribution is 5.98. The second kappa shape index (κ2) is 16.8. The van der Waals surface area contributed by atoms with Gasteiger partial charge in [0.1, 0.15) is 18.7 Å². The third-order valence-electron chi connectivity index (χ3n) is 5.80. The van der Waals surface area contributed by atoms with E-state index in [1.165, 1.54) is 24.3 Å². The highest BCUT2D eigenvalue weighted by Crippen LogP contribution is 2.16. The van der Waals surface area contributed by atoms with Crippen molar-refractivity contribution >= 4 is 41.1 Å². The lowest BCUT2D eigenvalue weighted by Gasteiger charge is -2.22. The molecule has 42 heavy (non-hydrogen) atoms. The molecule has 4 amide bonds. The maximum atomic E-state index is 12.9. The molecule has 0 heterocycles. The quantitative estimate of drug-likeness (QED) is 0.0578. The summed E-state index contributed by atoms with van der Waals surface area (Å²) in [5.74, 6) is -2.31. The number of carbonyl (C=O) groups is 4. The number of nitrogens with two attached hydrogens (primary N) is 2. The Balaban J connectivity index is 1.95. The van der Waals surface area contributed by atoms with Gasteiger partial charge in [0.2, 0.25) is 17.7 Å². The van der Waals surface area contributed by atoms with E-state index >= 15 is 0 Å². The van der Waals surface area contributed by atoms with Gasteiger partial charge in [0, 0.05) is 24.4 Å².